The van der Waals surface area contributed by atoms with E-state index in [1.807, 2.05) is 0 Å². The van der Waals surface area contributed by atoms with Gasteiger partial charge in [0.15, 0.2) is 0 Å². The summed E-state index contributed by atoms with van der Waals surface area (Å²) < 4.78 is 5.45. The Labute approximate surface area is 150 Å². The minimum Gasteiger partial charge on any atom is -0.379 e. The molecule has 4 aliphatic carbocycles. The topological polar surface area (TPSA) is 41.6 Å². The Balaban J connectivity index is 1.41. The minimum atomic E-state index is -0.188. The first kappa shape index (κ1) is 17.1. The third-order valence-corrected chi connectivity index (χ3v) is 7.46. The predicted octanol–water partition coefficient (Wildman–Crippen LogP) is 2.79. The molecule has 1 heterocycles. The second-order valence-corrected chi connectivity index (χ2v) is 10.3. The number of carbonyl (C=O) groups excluding carboxylic acids is 1. The second-order valence-electron chi connectivity index (χ2n) is 9.49. The quantitative estimate of drug-likeness (QED) is 0.789. The van der Waals surface area contributed by atoms with Crippen LogP contribution in [0.3, 0.4) is 0 Å². The van der Waals surface area contributed by atoms with E-state index in [0.717, 1.165) is 58.4 Å². The van der Waals surface area contributed by atoms with Crippen LogP contribution in [0.25, 0.3) is 0 Å². The molecule has 1 aliphatic heterocycles. The van der Waals surface area contributed by atoms with Gasteiger partial charge in [-0.25, -0.2) is 0 Å². The summed E-state index contributed by atoms with van der Waals surface area (Å²) in [6.07, 6.45) is 6.55. The van der Waals surface area contributed by atoms with Crippen LogP contribution < -0.4 is 5.32 Å². The molecule has 2 unspecified atom stereocenters. The molecule has 2 atom stereocenters. The van der Waals surface area contributed by atoms with Crippen LogP contribution in [0.4, 0.5) is 0 Å². The molecule has 1 saturated heterocycles. The van der Waals surface area contributed by atoms with E-state index in [-0.39, 0.29) is 21.7 Å². The number of nitrogens with zero attached hydrogens (tertiary/aromatic N) is 1. The second kappa shape index (κ2) is 5.85. The molecule has 0 aromatic carbocycles. The fourth-order valence-corrected chi connectivity index (χ4v) is 6.87. The molecule has 4 bridgehead atoms. The lowest BCUT2D eigenvalue weighted by Gasteiger charge is -2.59. The first-order valence-electron chi connectivity index (χ1n) is 9.60. The molecule has 5 aliphatic rings. The Bertz CT molecular complexity index is 501. The number of halogens is 1. The molecule has 4 nitrogen and oxygen atoms in total. The molecular weight excluding hydrogens is 324 g/mol. The van der Waals surface area contributed by atoms with Gasteiger partial charge < -0.3 is 10.1 Å². The van der Waals surface area contributed by atoms with Crippen LogP contribution in [0.5, 0.6) is 0 Å². The van der Waals surface area contributed by atoms with Crippen molar-refractivity contribution in [1.29, 1.82) is 0 Å². The summed E-state index contributed by atoms with van der Waals surface area (Å²) in [4.78, 5) is 15.5. The monoisotopic (exact) mass is 354 g/mol. The maximum absolute atomic E-state index is 13.2. The zero-order chi connectivity index (χ0) is 17.0. The van der Waals surface area contributed by atoms with E-state index in [9.17, 15) is 4.79 Å². The van der Waals surface area contributed by atoms with Crippen molar-refractivity contribution < 1.29 is 9.53 Å². The van der Waals surface area contributed by atoms with Gasteiger partial charge >= 0.3 is 0 Å². The van der Waals surface area contributed by atoms with Gasteiger partial charge in [0.1, 0.15) is 0 Å². The number of amides is 1. The van der Waals surface area contributed by atoms with Gasteiger partial charge in [-0.2, -0.15) is 0 Å². The normalized spacial score (nSPS) is 42.3. The van der Waals surface area contributed by atoms with Crippen molar-refractivity contribution in [3.8, 4) is 0 Å². The van der Waals surface area contributed by atoms with E-state index < -0.39 is 0 Å². The van der Waals surface area contributed by atoms with Gasteiger partial charge in [0, 0.05) is 30.0 Å². The molecule has 5 heteroatoms. The first-order chi connectivity index (χ1) is 11.3. The molecule has 0 aromatic rings. The van der Waals surface area contributed by atoms with Gasteiger partial charge in [-0.3, -0.25) is 9.69 Å². The van der Waals surface area contributed by atoms with Gasteiger partial charge in [-0.05, 0) is 64.2 Å². The standard InChI is InChI=1S/C19H31ClN2O2/c1-17(2,22-3-5-24-6-4-22)13-21-16(23)18-8-14-7-15(9-18)11-19(20,10-14)12-18/h14-15H,3-13H2,1-2H3,(H,21,23). The van der Waals surface area contributed by atoms with Crippen LogP contribution in [0.2, 0.25) is 0 Å². The van der Waals surface area contributed by atoms with Crippen molar-refractivity contribution in [3.63, 3.8) is 0 Å². The highest BCUT2D eigenvalue weighted by atomic mass is 35.5. The number of hydrogen-bond donors (Lipinski definition) is 1. The van der Waals surface area contributed by atoms with Crippen molar-refractivity contribution in [2.24, 2.45) is 17.3 Å². The summed E-state index contributed by atoms with van der Waals surface area (Å²) in [5, 5.41) is 3.31. The molecule has 1 amide bonds. The zero-order valence-corrected chi connectivity index (χ0v) is 15.8. The zero-order valence-electron chi connectivity index (χ0n) is 15.1. The van der Waals surface area contributed by atoms with E-state index in [0.29, 0.717) is 18.4 Å². The van der Waals surface area contributed by atoms with Crippen LogP contribution in [0.1, 0.15) is 52.4 Å². The van der Waals surface area contributed by atoms with Crippen molar-refractivity contribution in [2.45, 2.75) is 62.8 Å². The maximum atomic E-state index is 13.2. The minimum absolute atomic E-state index is 0.0274. The number of rotatable bonds is 4. The number of ether oxygens (including phenoxy) is 1. The van der Waals surface area contributed by atoms with Crippen LogP contribution in [-0.2, 0) is 9.53 Å². The molecular formula is C19H31ClN2O2. The molecule has 5 fully saturated rings. The van der Waals surface area contributed by atoms with Crippen molar-refractivity contribution >= 4 is 17.5 Å². The summed E-state index contributed by atoms with van der Waals surface area (Å²) in [6.45, 7) is 8.63. The number of hydrogen-bond acceptors (Lipinski definition) is 3. The van der Waals surface area contributed by atoms with Gasteiger partial charge in [0.2, 0.25) is 5.91 Å². The van der Waals surface area contributed by atoms with Crippen LogP contribution in [-0.4, -0.2) is 54.1 Å². The number of alkyl halides is 1. The van der Waals surface area contributed by atoms with Crippen molar-refractivity contribution in [2.75, 3.05) is 32.8 Å². The highest BCUT2D eigenvalue weighted by Gasteiger charge is 2.60. The lowest BCUT2D eigenvalue weighted by molar-refractivity contribution is -0.145. The molecule has 5 rings (SSSR count). The number of morpholine rings is 1. The van der Waals surface area contributed by atoms with Crippen LogP contribution in [0.15, 0.2) is 0 Å². The fourth-order valence-electron chi connectivity index (χ4n) is 6.18. The summed E-state index contributed by atoms with van der Waals surface area (Å²) in [5.74, 6) is 1.60. The molecule has 0 aromatic heterocycles. The molecule has 4 saturated carbocycles. The predicted molar refractivity (Wildman–Crippen MR) is 95.2 cm³/mol. The van der Waals surface area contributed by atoms with Crippen LogP contribution >= 0.6 is 11.6 Å². The highest BCUT2D eigenvalue weighted by molar-refractivity contribution is 6.24. The average Bonchev–Trinajstić information content (AvgIpc) is 2.51. The number of carbonyl (C=O) groups is 1. The SMILES string of the molecule is CC(C)(CNC(=O)C12CC3CC(CC(Cl)(C3)C1)C2)N1CCOCC1. The number of nitrogens with one attached hydrogen (secondary N) is 1. The lowest BCUT2D eigenvalue weighted by atomic mass is 9.49. The van der Waals surface area contributed by atoms with E-state index in [1.165, 1.54) is 6.42 Å². The largest absolute Gasteiger partial charge is 0.379 e. The van der Waals surface area contributed by atoms with Gasteiger partial charge in [0.25, 0.3) is 0 Å². The smallest absolute Gasteiger partial charge is 0.226 e. The fraction of sp³-hybridized carbons (Fsp3) is 0.947. The van der Waals surface area contributed by atoms with E-state index >= 15 is 0 Å². The molecule has 0 spiro atoms. The Morgan fingerprint density at radius 1 is 1.21 bits per heavy atom. The summed E-state index contributed by atoms with van der Waals surface area (Å²) in [6, 6.07) is 0. The van der Waals surface area contributed by atoms with Gasteiger partial charge in [-0.15, -0.1) is 11.6 Å². The van der Waals surface area contributed by atoms with Crippen molar-refractivity contribution in [3.05, 3.63) is 0 Å². The summed E-state index contributed by atoms with van der Waals surface area (Å²) in [7, 11) is 0. The Morgan fingerprint density at radius 2 is 1.83 bits per heavy atom. The Morgan fingerprint density at radius 3 is 2.42 bits per heavy atom. The first-order valence-corrected chi connectivity index (χ1v) is 9.98. The molecule has 24 heavy (non-hydrogen) atoms. The Kier molecular flexibility index (Phi) is 4.17. The van der Waals surface area contributed by atoms with Crippen LogP contribution in [0, 0.1) is 17.3 Å². The van der Waals surface area contributed by atoms with Crippen molar-refractivity contribution in [1.82, 2.24) is 10.2 Å². The summed E-state index contributed by atoms with van der Waals surface area (Å²) >= 11 is 6.87. The maximum Gasteiger partial charge on any atom is 0.226 e. The third-order valence-electron chi connectivity index (χ3n) is 7.02. The molecule has 1 N–H and O–H groups in total. The summed E-state index contributed by atoms with van der Waals surface area (Å²) in [5.41, 5.74) is -0.215. The van der Waals surface area contributed by atoms with E-state index in [4.69, 9.17) is 16.3 Å². The lowest BCUT2D eigenvalue weighted by Crippen LogP contribution is -2.61. The molecule has 0 radical (unpaired) electrons. The highest BCUT2D eigenvalue weighted by Crippen LogP contribution is 2.63. The third kappa shape index (κ3) is 2.99. The van der Waals surface area contributed by atoms with E-state index in [1.54, 1.807) is 0 Å². The Hall–Kier alpha value is -0.320. The molecule has 136 valence electrons. The van der Waals surface area contributed by atoms with Gasteiger partial charge in [-0.1, -0.05) is 0 Å². The van der Waals surface area contributed by atoms with Gasteiger partial charge in [0.05, 0.1) is 18.6 Å². The average molecular weight is 355 g/mol. The van der Waals surface area contributed by atoms with E-state index in [2.05, 4.69) is 24.1 Å².